The van der Waals surface area contributed by atoms with Crippen LogP contribution in [0.15, 0.2) is 64.5 Å². The second kappa shape index (κ2) is 10.2. The molecule has 0 spiro atoms. The molecule has 182 valence electrons. The van der Waals surface area contributed by atoms with Gasteiger partial charge in [-0.15, -0.1) is 0 Å². The highest BCUT2D eigenvalue weighted by Crippen LogP contribution is 2.28. The summed E-state index contributed by atoms with van der Waals surface area (Å²) < 4.78 is 39.7. The van der Waals surface area contributed by atoms with Crippen LogP contribution in [0.4, 0.5) is 5.69 Å². The molecule has 1 aromatic carbocycles. The Kier molecular flexibility index (Phi) is 7.38. The van der Waals surface area contributed by atoms with Gasteiger partial charge in [-0.1, -0.05) is 17.9 Å². The Labute approximate surface area is 201 Å². The third-order valence-corrected chi connectivity index (χ3v) is 6.06. The van der Waals surface area contributed by atoms with Crippen LogP contribution < -0.4 is 21.8 Å². The largest absolute Gasteiger partial charge is 0.484 e. The normalized spacial score (nSPS) is 17.9. The Balaban J connectivity index is 2.06. The first kappa shape index (κ1) is 25.2. The molecule has 35 heavy (non-hydrogen) atoms. The van der Waals surface area contributed by atoms with Gasteiger partial charge in [0.2, 0.25) is 12.1 Å². The van der Waals surface area contributed by atoms with E-state index in [4.69, 9.17) is 21.9 Å². The Bertz CT molecular complexity index is 1400. The van der Waals surface area contributed by atoms with Crippen LogP contribution in [-0.4, -0.2) is 47.3 Å². The number of carbonyl (C=O) groups is 1. The molecule has 0 radical (unpaired) electrons. The zero-order valence-corrected chi connectivity index (χ0v) is 19.3. The molecule has 0 unspecified atom stereocenters. The number of hydrogen-bond acceptors (Lipinski definition) is 5. The molecule has 2 aromatic rings. The minimum atomic E-state index is -4.70. The van der Waals surface area contributed by atoms with Crippen molar-refractivity contribution in [2.75, 3.05) is 0 Å². The number of pyridine rings is 1. The fraction of sp³-hybridized carbons (Fsp3) is 0.182. The number of nitrogens with zero attached hydrogens (tertiary/aromatic N) is 3. The molecule has 0 fully saturated rings. The smallest absolute Gasteiger partial charge is 0.346 e. The first-order valence-electron chi connectivity index (χ1n) is 10.0. The summed E-state index contributed by atoms with van der Waals surface area (Å²) in [5.41, 5.74) is 19.0. The van der Waals surface area contributed by atoms with Gasteiger partial charge in [0.05, 0.1) is 11.9 Å². The maximum Gasteiger partial charge on any atom is 0.346 e. The minimum absolute atomic E-state index is 0.164. The van der Waals surface area contributed by atoms with Gasteiger partial charge in [-0.2, -0.15) is 13.4 Å². The minimum Gasteiger partial charge on any atom is -0.484 e. The Morgan fingerprint density at radius 1 is 1.17 bits per heavy atom. The summed E-state index contributed by atoms with van der Waals surface area (Å²) >= 11 is 0. The van der Waals surface area contributed by atoms with Crippen molar-refractivity contribution in [1.29, 1.82) is 0 Å². The van der Waals surface area contributed by atoms with Crippen molar-refractivity contribution >= 4 is 33.7 Å². The van der Waals surface area contributed by atoms with Gasteiger partial charge in [0.25, 0.3) is 10.1 Å². The van der Waals surface area contributed by atoms with Crippen molar-refractivity contribution in [2.45, 2.75) is 17.8 Å². The molecular formula is C22H23N6O6S+. The Hall–Kier alpha value is -4.41. The quantitative estimate of drug-likeness (QED) is 0.123. The lowest BCUT2D eigenvalue weighted by molar-refractivity contribution is -0.671. The average Bonchev–Trinajstić information content (AvgIpc) is 2.77. The number of aromatic nitrogens is 1. The predicted octanol–water partition coefficient (Wildman–Crippen LogP) is -0.237. The van der Waals surface area contributed by atoms with E-state index in [9.17, 15) is 22.9 Å². The van der Waals surface area contributed by atoms with Crippen LogP contribution in [0, 0.1) is 11.8 Å². The molecule has 1 aromatic heterocycles. The number of carboxylic acid groups (broad SMARTS) is 1. The first-order chi connectivity index (χ1) is 16.4. The SMILES string of the molecule is C[n+]1ccc(-c2ccc(N=C(N)N=C(N)N)cc2C#CC2=CO[C@H](C(=O)O)[C@H](S(=O)(=O)O)C2)cc1. The maximum absolute atomic E-state index is 11.7. The van der Waals surface area contributed by atoms with Gasteiger partial charge >= 0.3 is 5.97 Å². The molecule has 12 nitrogen and oxygen atoms in total. The van der Waals surface area contributed by atoms with E-state index in [1.54, 1.807) is 18.2 Å². The average molecular weight is 500 g/mol. The monoisotopic (exact) mass is 499 g/mol. The van der Waals surface area contributed by atoms with Crippen molar-refractivity contribution < 1.29 is 32.2 Å². The van der Waals surface area contributed by atoms with Crippen molar-refractivity contribution in [3.8, 4) is 23.0 Å². The lowest BCUT2D eigenvalue weighted by atomic mass is 9.99. The van der Waals surface area contributed by atoms with Crippen molar-refractivity contribution in [1.82, 2.24) is 0 Å². The standard InChI is InChI=1S/C22H22N6O6S/c1-28-8-6-14(7-9-28)17-5-4-16(26-22(25)27-21(23)24)11-15(17)3-2-13-10-18(35(31,32)33)19(20(29)30)34-12-13/h4-9,11-12,18-19H,10H2,1H3,(H7,23,24,25,27,29,30,31,32,33)/p+1/t18-,19+/m1/s1. The summed E-state index contributed by atoms with van der Waals surface area (Å²) in [6.45, 7) is 0. The molecular weight excluding hydrogens is 476 g/mol. The van der Waals surface area contributed by atoms with E-state index in [1.165, 1.54) is 0 Å². The summed E-state index contributed by atoms with van der Waals surface area (Å²) in [5.74, 6) is 3.81. The molecule has 0 bridgehead atoms. The van der Waals surface area contributed by atoms with Crippen molar-refractivity contribution in [2.24, 2.45) is 34.2 Å². The molecule has 0 saturated carbocycles. The lowest BCUT2D eigenvalue weighted by Crippen LogP contribution is -2.42. The number of nitrogens with two attached hydrogens (primary N) is 3. The van der Waals surface area contributed by atoms with Gasteiger partial charge in [-0.05, 0) is 23.3 Å². The number of carboxylic acids is 1. The number of guanidine groups is 2. The van der Waals surface area contributed by atoms with E-state index >= 15 is 0 Å². The number of benzene rings is 1. The highest BCUT2D eigenvalue weighted by atomic mass is 32.2. The van der Waals surface area contributed by atoms with Crippen molar-refractivity contribution in [3.05, 3.63) is 60.1 Å². The van der Waals surface area contributed by atoms with Crippen LogP contribution >= 0.6 is 0 Å². The number of aliphatic carboxylic acids is 1. The third kappa shape index (κ3) is 6.56. The molecule has 8 N–H and O–H groups in total. The lowest BCUT2D eigenvalue weighted by Gasteiger charge is -2.24. The van der Waals surface area contributed by atoms with Gasteiger partial charge in [0.15, 0.2) is 18.4 Å². The predicted molar refractivity (Wildman–Crippen MR) is 128 cm³/mol. The van der Waals surface area contributed by atoms with Gasteiger partial charge in [-0.3, -0.25) is 4.55 Å². The summed E-state index contributed by atoms with van der Waals surface area (Å²) in [6.07, 6.45) is 2.71. The maximum atomic E-state index is 11.7. The van der Waals surface area contributed by atoms with Crippen LogP contribution in [0.25, 0.3) is 11.1 Å². The summed E-state index contributed by atoms with van der Waals surface area (Å²) in [4.78, 5) is 19.1. The second-order valence-electron chi connectivity index (χ2n) is 7.53. The molecule has 13 heteroatoms. The number of allylic oxidation sites excluding steroid dienone is 1. The summed E-state index contributed by atoms with van der Waals surface area (Å²) in [5, 5.41) is 7.49. The second-order valence-corrected chi connectivity index (χ2v) is 9.17. The van der Waals surface area contributed by atoms with Crippen LogP contribution in [0.2, 0.25) is 0 Å². The molecule has 1 aliphatic rings. The fourth-order valence-electron chi connectivity index (χ4n) is 3.25. The van der Waals surface area contributed by atoms with E-state index in [1.807, 2.05) is 36.1 Å². The molecule has 2 heterocycles. The zero-order valence-electron chi connectivity index (χ0n) is 18.5. The van der Waals surface area contributed by atoms with Crippen LogP contribution in [0.5, 0.6) is 0 Å². The van der Waals surface area contributed by atoms with Crippen LogP contribution in [0.3, 0.4) is 0 Å². The zero-order chi connectivity index (χ0) is 25.8. The van der Waals surface area contributed by atoms with Crippen LogP contribution in [-0.2, 0) is 26.7 Å². The number of ether oxygens (including phenoxy) is 1. The molecule has 1 aliphatic heterocycles. The fourth-order valence-corrected chi connectivity index (χ4v) is 4.13. The Morgan fingerprint density at radius 3 is 2.46 bits per heavy atom. The number of aliphatic imine (C=N–C) groups is 2. The number of aryl methyl sites for hydroxylation is 1. The summed E-state index contributed by atoms with van der Waals surface area (Å²) in [6, 6.07) is 8.86. The third-order valence-electron chi connectivity index (χ3n) is 4.88. The van der Waals surface area contributed by atoms with Gasteiger partial charge in [0, 0.05) is 29.7 Å². The topological polar surface area (TPSA) is 208 Å². The van der Waals surface area contributed by atoms with Gasteiger partial charge in [0.1, 0.15) is 12.3 Å². The van der Waals surface area contributed by atoms with Gasteiger partial charge < -0.3 is 27.0 Å². The molecule has 2 atom stereocenters. The summed E-state index contributed by atoms with van der Waals surface area (Å²) in [7, 11) is -2.83. The van der Waals surface area contributed by atoms with E-state index in [2.05, 4.69) is 21.8 Å². The van der Waals surface area contributed by atoms with E-state index in [0.717, 1.165) is 17.4 Å². The van der Waals surface area contributed by atoms with E-state index < -0.39 is 27.4 Å². The molecule has 0 aliphatic carbocycles. The van der Waals surface area contributed by atoms with Crippen molar-refractivity contribution in [3.63, 3.8) is 0 Å². The van der Waals surface area contributed by atoms with Gasteiger partial charge in [-0.25, -0.2) is 14.4 Å². The number of rotatable bonds is 4. The Morgan fingerprint density at radius 2 is 1.86 bits per heavy atom. The molecule has 0 amide bonds. The highest BCUT2D eigenvalue weighted by Gasteiger charge is 2.41. The number of hydrogen-bond donors (Lipinski definition) is 5. The molecule has 0 saturated heterocycles. The van der Waals surface area contributed by atoms with Crippen LogP contribution in [0.1, 0.15) is 12.0 Å². The highest BCUT2D eigenvalue weighted by molar-refractivity contribution is 7.86. The first-order valence-corrected chi connectivity index (χ1v) is 11.5. The van der Waals surface area contributed by atoms with E-state index in [-0.39, 0.29) is 23.9 Å². The van der Waals surface area contributed by atoms with E-state index in [0.29, 0.717) is 11.3 Å². The molecule has 3 rings (SSSR count).